The number of nitro groups is 1. The maximum absolute atomic E-state index is 10.5. The van der Waals surface area contributed by atoms with Gasteiger partial charge in [-0.3, -0.25) is 20.3 Å². The third-order valence-electron chi connectivity index (χ3n) is 2.44. The Morgan fingerprint density at radius 3 is 3.31 bits per heavy atom. The van der Waals surface area contributed by atoms with Crippen LogP contribution in [0.3, 0.4) is 0 Å². The lowest BCUT2D eigenvalue weighted by molar-refractivity contribution is -0.380. The summed E-state index contributed by atoms with van der Waals surface area (Å²) in [4.78, 5) is 16.2. The van der Waals surface area contributed by atoms with Crippen molar-refractivity contribution < 1.29 is 4.92 Å². The molecule has 0 spiro atoms. The van der Waals surface area contributed by atoms with Gasteiger partial charge in [-0.05, 0) is 17.9 Å². The van der Waals surface area contributed by atoms with Crippen molar-refractivity contribution in [3.8, 4) is 0 Å². The molecule has 16 heavy (non-hydrogen) atoms. The Morgan fingerprint density at radius 2 is 2.69 bits per heavy atom. The lowest BCUT2D eigenvalue weighted by atomic mass is 10.5. The van der Waals surface area contributed by atoms with E-state index in [2.05, 4.69) is 27.4 Å². The highest BCUT2D eigenvalue weighted by Crippen LogP contribution is 2.25. The molecule has 1 aromatic rings. The van der Waals surface area contributed by atoms with E-state index in [1.165, 1.54) is 6.20 Å². The molecule has 0 aliphatic carbocycles. The van der Waals surface area contributed by atoms with Gasteiger partial charge in [0.15, 0.2) is 5.13 Å². The summed E-state index contributed by atoms with van der Waals surface area (Å²) in [6.07, 6.45) is 1.30. The summed E-state index contributed by atoms with van der Waals surface area (Å²) in [5.74, 6) is 0. The minimum absolute atomic E-state index is 0.0238. The van der Waals surface area contributed by atoms with E-state index in [1.54, 1.807) is 0 Å². The lowest BCUT2D eigenvalue weighted by Gasteiger charge is -2.22. The van der Waals surface area contributed by atoms with E-state index in [0.29, 0.717) is 5.13 Å². The van der Waals surface area contributed by atoms with E-state index in [9.17, 15) is 10.1 Å². The molecule has 8 heteroatoms. The molecule has 1 saturated heterocycles. The third-order valence-corrected chi connectivity index (χ3v) is 3.32. The number of likely N-dealkylation sites (N-methyl/N-ethyl adjacent to an activating group) is 1. The Morgan fingerprint density at radius 1 is 1.88 bits per heavy atom. The Bertz CT molecular complexity index is 382. The quantitative estimate of drug-likeness (QED) is 0.597. The molecule has 2 heterocycles. The maximum atomic E-state index is 10.5. The second-order valence-electron chi connectivity index (χ2n) is 3.39. The zero-order chi connectivity index (χ0) is 11.5. The van der Waals surface area contributed by atoms with Gasteiger partial charge in [-0.25, -0.2) is 4.98 Å². The second-order valence-corrected chi connectivity index (χ2v) is 4.40. The fourth-order valence-electron chi connectivity index (χ4n) is 1.62. The summed E-state index contributed by atoms with van der Waals surface area (Å²) in [6.45, 7) is 4.89. The van der Waals surface area contributed by atoms with Gasteiger partial charge >= 0.3 is 5.00 Å². The van der Waals surface area contributed by atoms with E-state index in [0.717, 1.165) is 31.0 Å². The molecule has 1 fully saturated rings. The number of nitrogens with one attached hydrogen (secondary N) is 2. The van der Waals surface area contributed by atoms with Crippen molar-refractivity contribution in [1.82, 2.24) is 15.2 Å². The van der Waals surface area contributed by atoms with E-state index in [4.69, 9.17) is 0 Å². The predicted molar refractivity (Wildman–Crippen MR) is 61.4 cm³/mol. The van der Waals surface area contributed by atoms with Crippen molar-refractivity contribution in [3.05, 3.63) is 16.3 Å². The van der Waals surface area contributed by atoms with Gasteiger partial charge in [0.25, 0.3) is 0 Å². The van der Waals surface area contributed by atoms with E-state index in [-0.39, 0.29) is 11.3 Å². The zero-order valence-corrected chi connectivity index (χ0v) is 9.66. The standard InChI is InChI=1S/C8H13N5O2S/c1-2-12-4-3-9-7(12)11-8-10-5-6(16-8)13(14)15/h5,7,9H,2-4H2,1H3,(H,10,11). The van der Waals surface area contributed by atoms with E-state index < -0.39 is 4.92 Å². The Hall–Kier alpha value is -1.25. The average Bonchev–Trinajstić information content (AvgIpc) is 2.87. The molecule has 1 aliphatic rings. The molecule has 2 N–H and O–H groups in total. The van der Waals surface area contributed by atoms with Gasteiger partial charge in [0.2, 0.25) is 0 Å². The number of anilines is 1. The summed E-state index contributed by atoms with van der Waals surface area (Å²) in [7, 11) is 0. The molecule has 7 nitrogen and oxygen atoms in total. The van der Waals surface area contributed by atoms with Gasteiger partial charge in [0.05, 0.1) is 4.92 Å². The van der Waals surface area contributed by atoms with Crippen LogP contribution in [0.5, 0.6) is 0 Å². The summed E-state index contributed by atoms with van der Waals surface area (Å²) < 4.78 is 0. The van der Waals surface area contributed by atoms with Crippen LogP contribution in [0.25, 0.3) is 0 Å². The number of nitrogens with zero attached hydrogens (tertiary/aromatic N) is 3. The number of hydrogen-bond acceptors (Lipinski definition) is 7. The fraction of sp³-hybridized carbons (Fsp3) is 0.625. The van der Waals surface area contributed by atoms with Crippen LogP contribution in [0.15, 0.2) is 6.20 Å². The summed E-state index contributed by atoms with van der Waals surface area (Å²) in [6, 6.07) is 0. The number of aromatic nitrogens is 1. The fourth-order valence-corrected chi connectivity index (χ4v) is 2.27. The number of thiazole rings is 1. The van der Waals surface area contributed by atoms with Crippen molar-refractivity contribution in [2.75, 3.05) is 25.0 Å². The Kier molecular flexibility index (Phi) is 3.32. The molecular formula is C8H13N5O2S. The van der Waals surface area contributed by atoms with Crippen molar-refractivity contribution in [1.29, 1.82) is 0 Å². The maximum Gasteiger partial charge on any atom is 0.345 e. The van der Waals surface area contributed by atoms with Crippen LogP contribution >= 0.6 is 11.3 Å². The smallest absolute Gasteiger partial charge is 0.333 e. The van der Waals surface area contributed by atoms with E-state index >= 15 is 0 Å². The van der Waals surface area contributed by atoms with Crippen LogP contribution in [0.2, 0.25) is 0 Å². The topological polar surface area (TPSA) is 83.3 Å². The molecule has 0 aromatic carbocycles. The summed E-state index contributed by atoms with van der Waals surface area (Å²) in [5.41, 5.74) is 0. The SMILES string of the molecule is CCN1CCNC1Nc1ncc([N+](=O)[O-])s1. The Labute approximate surface area is 96.6 Å². The normalized spacial score (nSPS) is 21.2. The minimum Gasteiger partial charge on any atom is -0.333 e. The Balaban J connectivity index is 2.00. The van der Waals surface area contributed by atoms with Crippen LogP contribution in [-0.2, 0) is 0 Å². The molecule has 0 radical (unpaired) electrons. The molecule has 88 valence electrons. The highest BCUT2D eigenvalue weighted by Gasteiger charge is 2.23. The largest absolute Gasteiger partial charge is 0.345 e. The molecule has 1 unspecified atom stereocenters. The molecule has 2 rings (SSSR count). The first-order valence-electron chi connectivity index (χ1n) is 5.05. The van der Waals surface area contributed by atoms with Gasteiger partial charge in [-0.2, -0.15) is 0 Å². The lowest BCUT2D eigenvalue weighted by Crippen LogP contribution is -2.42. The highest BCUT2D eigenvalue weighted by atomic mass is 32.1. The second kappa shape index (κ2) is 4.73. The van der Waals surface area contributed by atoms with Crippen molar-refractivity contribution in [2.45, 2.75) is 13.2 Å². The van der Waals surface area contributed by atoms with Crippen molar-refractivity contribution in [3.63, 3.8) is 0 Å². The van der Waals surface area contributed by atoms with Crippen molar-refractivity contribution in [2.24, 2.45) is 0 Å². The first kappa shape index (κ1) is 11.2. The predicted octanol–water partition coefficient (Wildman–Crippen LogP) is 0.672. The third kappa shape index (κ3) is 2.29. The van der Waals surface area contributed by atoms with Crippen LogP contribution in [0.1, 0.15) is 6.92 Å². The van der Waals surface area contributed by atoms with Gasteiger partial charge in [0, 0.05) is 13.1 Å². The molecular weight excluding hydrogens is 230 g/mol. The van der Waals surface area contributed by atoms with Gasteiger partial charge in [0.1, 0.15) is 12.5 Å². The van der Waals surface area contributed by atoms with Gasteiger partial charge in [-0.15, -0.1) is 0 Å². The van der Waals surface area contributed by atoms with Crippen LogP contribution in [-0.4, -0.2) is 40.7 Å². The molecule has 0 amide bonds. The zero-order valence-electron chi connectivity index (χ0n) is 8.84. The molecule has 1 aromatic heterocycles. The highest BCUT2D eigenvalue weighted by molar-refractivity contribution is 7.18. The molecule has 1 atom stereocenters. The van der Waals surface area contributed by atoms with Gasteiger partial charge in [-0.1, -0.05) is 6.92 Å². The van der Waals surface area contributed by atoms with Gasteiger partial charge < -0.3 is 5.32 Å². The van der Waals surface area contributed by atoms with Crippen LogP contribution in [0.4, 0.5) is 10.1 Å². The van der Waals surface area contributed by atoms with Crippen LogP contribution < -0.4 is 10.6 Å². The van der Waals surface area contributed by atoms with Crippen molar-refractivity contribution >= 4 is 21.5 Å². The number of hydrogen-bond donors (Lipinski definition) is 2. The minimum atomic E-state index is -0.428. The molecule has 1 aliphatic heterocycles. The molecule has 0 bridgehead atoms. The average molecular weight is 243 g/mol. The van der Waals surface area contributed by atoms with Crippen LogP contribution in [0, 0.1) is 10.1 Å². The first-order valence-corrected chi connectivity index (χ1v) is 5.86. The monoisotopic (exact) mass is 243 g/mol. The molecule has 0 saturated carbocycles. The first-order chi connectivity index (χ1) is 7.70. The van der Waals surface area contributed by atoms with E-state index in [1.807, 2.05) is 0 Å². The summed E-state index contributed by atoms with van der Waals surface area (Å²) >= 11 is 1.05. The summed E-state index contributed by atoms with van der Waals surface area (Å²) in [5, 5.41) is 17.5. The number of rotatable bonds is 4.